The molecule has 2 aromatic rings. The number of amides is 1. The molecule has 0 radical (unpaired) electrons. The predicted molar refractivity (Wildman–Crippen MR) is 132 cm³/mol. The van der Waals surface area contributed by atoms with E-state index in [0.29, 0.717) is 11.8 Å². The highest BCUT2D eigenvalue weighted by Crippen LogP contribution is 2.63. The third-order valence-electron chi connectivity index (χ3n) is 9.17. The number of carboxylic acid groups (broad SMARTS) is 1. The van der Waals surface area contributed by atoms with Crippen LogP contribution in [0, 0.1) is 11.3 Å². The topological polar surface area (TPSA) is 43.8 Å². The van der Waals surface area contributed by atoms with Crippen molar-refractivity contribution < 1.29 is 9.90 Å². The number of piperidine rings is 3. The van der Waals surface area contributed by atoms with Crippen molar-refractivity contribution in [3.63, 3.8) is 0 Å². The second-order valence-electron chi connectivity index (χ2n) is 11.4. The summed E-state index contributed by atoms with van der Waals surface area (Å²) in [6, 6.07) is 15.9. The number of nitrogens with zero attached hydrogens (tertiary/aromatic N) is 2. The van der Waals surface area contributed by atoms with E-state index in [0.717, 1.165) is 45.3 Å². The van der Waals surface area contributed by atoms with Crippen LogP contribution in [-0.4, -0.2) is 46.7 Å². The summed E-state index contributed by atoms with van der Waals surface area (Å²) in [5.41, 5.74) is 6.68. The lowest BCUT2D eigenvalue weighted by Gasteiger charge is -2.52. The van der Waals surface area contributed by atoms with Crippen molar-refractivity contribution in [2.75, 3.05) is 19.6 Å². The van der Waals surface area contributed by atoms with Gasteiger partial charge in [0.1, 0.15) is 0 Å². The second-order valence-corrected chi connectivity index (χ2v) is 11.4. The fourth-order valence-corrected chi connectivity index (χ4v) is 7.02. The number of aryl methyl sites for hydroxylation is 1. The Morgan fingerprint density at radius 1 is 1.06 bits per heavy atom. The summed E-state index contributed by atoms with van der Waals surface area (Å²) in [5.74, 6) is 1.03. The zero-order valence-electron chi connectivity index (χ0n) is 20.0. The third kappa shape index (κ3) is 3.58. The predicted octanol–water partition coefficient (Wildman–Crippen LogP) is 6.32. The van der Waals surface area contributed by atoms with Crippen LogP contribution in [0.15, 0.2) is 42.5 Å². The molecular weight excluding hydrogens is 408 g/mol. The largest absolute Gasteiger partial charge is 0.465 e. The van der Waals surface area contributed by atoms with Crippen LogP contribution in [0.2, 0.25) is 0 Å². The number of carbonyl (C=O) groups is 1. The van der Waals surface area contributed by atoms with Crippen LogP contribution in [0.3, 0.4) is 0 Å². The zero-order chi connectivity index (χ0) is 22.7. The van der Waals surface area contributed by atoms with E-state index in [1.54, 1.807) is 0 Å². The van der Waals surface area contributed by atoms with Crippen molar-refractivity contribution >= 4 is 6.09 Å². The summed E-state index contributed by atoms with van der Waals surface area (Å²) < 4.78 is 0. The molecule has 33 heavy (non-hydrogen) atoms. The van der Waals surface area contributed by atoms with E-state index in [9.17, 15) is 9.90 Å². The van der Waals surface area contributed by atoms with Gasteiger partial charge in [-0.05, 0) is 96.7 Å². The summed E-state index contributed by atoms with van der Waals surface area (Å²) in [7, 11) is 0. The Hall–Kier alpha value is -2.33. The fraction of sp³-hybridized carbons (Fsp3) is 0.552. The fourth-order valence-electron chi connectivity index (χ4n) is 7.02. The van der Waals surface area contributed by atoms with Gasteiger partial charge in [-0.25, -0.2) is 4.79 Å². The van der Waals surface area contributed by atoms with Crippen LogP contribution in [0.1, 0.15) is 74.6 Å². The van der Waals surface area contributed by atoms with Gasteiger partial charge in [-0.2, -0.15) is 0 Å². The summed E-state index contributed by atoms with van der Waals surface area (Å²) >= 11 is 0. The van der Waals surface area contributed by atoms with Gasteiger partial charge in [0.05, 0.1) is 12.1 Å². The van der Waals surface area contributed by atoms with E-state index >= 15 is 0 Å². The summed E-state index contributed by atoms with van der Waals surface area (Å²) in [6.07, 6.45) is 6.09. The maximum Gasteiger partial charge on any atom is 0.408 e. The van der Waals surface area contributed by atoms with Crippen molar-refractivity contribution in [3.8, 4) is 11.1 Å². The van der Waals surface area contributed by atoms with Gasteiger partial charge in [0.2, 0.25) is 0 Å². The Kier molecular flexibility index (Phi) is 5.06. The van der Waals surface area contributed by atoms with Gasteiger partial charge in [-0.1, -0.05) is 56.3 Å². The molecule has 1 amide bonds. The Morgan fingerprint density at radius 3 is 2.45 bits per heavy atom. The van der Waals surface area contributed by atoms with Crippen molar-refractivity contribution in [3.05, 3.63) is 59.2 Å². The van der Waals surface area contributed by atoms with Crippen LogP contribution >= 0.6 is 0 Å². The molecule has 3 saturated heterocycles. The lowest BCUT2D eigenvalue weighted by Crippen LogP contribution is -2.60. The molecule has 5 aliphatic rings. The van der Waals surface area contributed by atoms with Gasteiger partial charge in [0, 0.05) is 6.54 Å². The highest BCUT2D eigenvalue weighted by Gasteiger charge is 2.57. The molecule has 1 N–H and O–H groups in total. The van der Waals surface area contributed by atoms with Gasteiger partial charge in [0.15, 0.2) is 0 Å². The van der Waals surface area contributed by atoms with Gasteiger partial charge < -0.3 is 10.0 Å². The van der Waals surface area contributed by atoms with Crippen molar-refractivity contribution in [2.24, 2.45) is 11.3 Å². The molecule has 174 valence electrons. The molecule has 3 aliphatic heterocycles. The number of hydrogen-bond acceptors (Lipinski definition) is 2. The lowest BCUT2D eigenvalue weighted by molar-refractivity contribution is -0.0243. The SMILES string of the molecule is CC(C)c1cccc(-c2ccc3c(c2)CCC2(CC2)[C@@H]3N(C(=O)O)C2CN3CCC2CC3)c1. The Morgan fingerprint density at radius 2 is 1.82 bits per heavy atom. The quantitative estimate of drug-likeness (QED) is 0.600. The minimum Gasteiger partial charge on any atom is -0.465 e. The molecule has 1 spiro atoms. The van der Waals surface area contributed by atoms with Crippen LogP contribution in [0.25, 0.3) is 11.1 Å². The smallest absolute Gasteiger partial charge is 0.408 e. The maximum absolute atomic E-state index is 12.8. The minimum absolute atomic E-state index is 0.0142. The Bertz CT molecular complexity index is 1070. The zero-order valence-corrected chi connectivity index (χ0v) is 20.0. The molecule has 2 bridgehead atoms. The normalized spacial score (nSPS) is 29.2. The van der Waals surface area contributed by atoms with Gasteiger partial charge in [0.25, 0.3) is 0 Å². The molecule has 4 nitrogen and oxygen atoms in total. The number of benzene rings is 2. The van der Waals surface area contributed by atoms with E-state index < -0.39 is 6.09 Å². The molecule has 1 saturated carbocycles. The average molecular weight is 445 g/mol. The number of fused-ring (bicyclic) bond motifs is 4. The van der Waals surface area contributed by atoms with Gasteiger partial charge >= 0.3 is 6.09 Å². The highest BCUT2D eigenvalue weighted by atomic mass is 16.4. The minimum atomic E-state index is -0.716. The van der Waals surface area contributed by atoms with Crippen molar-refractivity contribution in [2.45, 2.75) is 70.4 Å². The molecule has 2 aliphatic carbocycles. The standard InChI is InChI=1S/C29H36N2O2/c1-19(2)21-4-3-5-22(16-21)23-6-7-25-24(17-23)8-11-29(12-13-29)27(25)31(28(32)33)26-18-30-14-9-20(26)10-15-30/h3-7,16-17,19-20,26-27H,8-15,18H2,1-2H3,(H,32,33)/t26?,27-/m1/s1. The van der Waals surface area contributed by atoms with E-state index in [-0.39, 0.29) is 17.5 Å². The molecule has 3 heterocycles. The molecular formula is C29H36N2O2. The molecule has 2 atom stereocenters. The van der Waals surface area contributed by atoms with E-state index in [1.165, 1.54) is 40.7 Å². The van der Waals surface area contributed by atoms with Crippen molar-refractivity contribution in [1.29, 1.82) is 0 Å². The van der Waals surface area contributed by atoms with Crippen LogP contribution in [-0.2, 0) is 6.42 Å². The van der Waals surface area contributed by atoms with E-state index in [2.05, 4.69) is 61.2 Å². The first kappa shape index (κ1) is 21.2. The molecule has 4 fully saturated rings. The average Bonchev–Trinajstić information content (AvgIpc) is 3.61. The molecule has 0 aromatic heterocycles. The number of hydrogen-bond donors (Lipinski definition) is 1. The first-order valence-corrected chi connectivity index (χ1v) is 12.9. The van der Waals surface area contributed by atoms with E-state index in [4.69, 9.17) is 0 Å². The Balaban J connectivity index is 1.39. The monoisotopic (exact) mass is 444 g/mol. The Labute approximate surface area is 197 Å². The molecule has 4 heteroatoms. The highest BCUT2D eigenvalue weighted by molar-refractivity contribution is 5.69. The third-order valence-corrected chi connectivity index (χ3v) is 9.17. The molecule has 7 rings (SSSR count). The lowest BCUT2D eigenvalue weighted by atomic mass is 9.73. The van der Waals surface area contributed by atoms with E-state index in [1.807, 2.05) is 4.90 Å². The van der Waals surface area contributed by atoms with Crippen LogP contribution < -0.4 is 0 Å². The first-order chi connectivity index (χ1) is 15.9. The summed E-state index contributed by atoms with van der Waals surface area (Å²) in [5, 5.41) is 10.5. The summed E-state index contributed by atoms with van der Waals surface area (Å²) in [6.45, 7) is 7.67. The summed E-state index contributed by atoms with van der Waals surface area (Å²) in [4.78, 5) is 17.2. The maximum atomic E-state index is 12.8. The van der Waals surface area contributed by atoms with Gasteiger partial charge in [-0.3, -0.25) is 4.90 Å². The second kappa shape index (κ2) is 7.87. The van der Waals surface area contributed by atoms with Gasteiger partial charge in [-0.15, -0.1) is 0 Å². The van der Waals surface area contributed by atoms with Crippen LogP contribution in [0.5, 0.6) is 0 Å². The number of rotatable bonds is 4. The first-order valence-electron chi connectivity index (χ1n) is 12.9. The molecule has 2 aromatic carbocycles. The van der Waals surface area contributed by atoms with Crippen LogP contribution in [0.4, 0.5) is 4.79 Å². The molecule has 1 unspecified atom stereocenters. The van der Waals surface area contributed by atoms with Crippen molar-refractivity contribution in [1.82, 2.24) is 9.80 Å².